The van der Waals surface area contributed by atoms with Crippen LogP contribution < -0.4 is 5.73 Å². The average Bonchev–Trinajstić information content (AvgIpc) is 2.52. The Morgan fingerprint density at radius 3 is 2.09 bits per heavy atom. The zero-order valence-electron chi connectivity index (χ0n) is 11.4. The molecule has 2 aromatic rings. The second-order valence-corrected chi connectivity index (χ2v) is 6.68. The quantitative estimate of drug-likeness (QED) is 0.730. The molecular formula is C16H11NO4S. The molecule has 0 aromatic heterocycles. The average molecular weight is 313 g/mol. The number of anilines is 1. The monoisotopic (exact) mass is 313 g/mol. The van der Waals surface area contributed by atoms with Crippen LogP contribution in [-0.4, -0.2) is 20.0 Å². The number of carbonyl (C=O) groups is 2. The van der Waals surface area contributed by atoms with E-state index in [1.807, 2.05) is 0 Å². The fraction of sp³-hybridized carbons (Fsp3) is 0. The van der Waals surface area contributed by atoms with E-state index in [1.165, 1.54) is 18.2 Å². The molecule has 0 spiro atoms. The van der Waals surface area contributed by atoms with Gasteiger partial charge in [-0.2, -0.15) is 0 Å². The summed E-state index contributed by atoms with van der Waals surface area (Å²) in [6, 6.07) is 8.92. The number of sulfone groups is 1. The van der Waals surface area contributed by atoms with Gasteiger partial charge >= 0.3 is 0 Å². The van der Waals surface area contributed by atoms with Gasteiger partial charge in [-0.1, -0.05) is 30.8 Å². The standard InChI is InChI=1S/C16H11NO4S/c1-2-22(20,21)12-8-7-11-13(14(12)17)16(19)10-6-4-3-5-9(10)15(11)18/h2-8H,1,17H2. The second kappa shape index (κ2) is 4.64. The summed E-state index contributed by atoms with van der Waals surface area (Å²) in [5.74, 6) is -0.803. The third-order valence-corrected chi connectivity index (χ3v) is 5.03. The fourth-order valence-corrected chi connectivity index (χ4v) is 3.38. The van der Waals surface area contributed by atoms with Gasteiger partial charge in [0, 0.05) is 22.1 Å². The summed E-state index contributed by atoms with van der Waals surface area (Å²) in [6.45, 7) is 3.24. The van der Waals surface area contributed by atoms with E-state index in [9.17, 15) is 18.0 Å². The van der Waals surface area contributed by atoms with Crippen LogP contribution >= 0.6 is 0 Å². The molecule has 3 rings (SSSR count). The minimum absolute atomic E-state index is 0.0633. The minimum Gasteiger partial charge on any atom is -0.397 e. The summed E-state index contributed by atoms with van der Waals surface area (Å²) in [5.41, 5.74) is 6.22. The number of rotatable bonds is 2. The normalized spacial score (nSPS) is 13.5. The lowest BCUT2D eigenvalue weighted by atomic mass is 9.83. The van der Waals surface area contributed by atoms with Crippen molar-refractivity contribution in [3.05, 3.63) is 70.6 Å². The van der Waals surface area contributed by atoms with Crippen LogP contribution in [0.25, 0.3) is 0 Å². The lowest BCUT2D eigenvalue weighted by Crippen LogP contribution is -2.23. The number of benzene rings is 2. The third kappa shape index (κ3) is 1.81. The first-order chi connectivity index (χ1) is 10.4. The molecule has 0 amide bonds. The van der Waals surface area contributed by atoms with E-state index in [4.69, 9.17) is 5.73 Å². The SMILES string of the molecule is C=CS(=O)(=O)c1ccc2c(c1N)C(=O)c1ccccc1C2=O. The molecule has 0 saturated heterocycles. The summed E-state index contributed by atoms with van der Waals surface area (Å²) in [6.07, 6.45) is 0. The first-order valence-corrected chi connectivity index (χ1v) is 7.91. The Balaban J connectivity index is 2.36. The predicted octanol–water partition coefficient (Wildman–Crippen LogP) is 1.96. The highest BCUT2D eigenvalue weighted by Crippen LogP contribution is 2.34. The van der Waals surface area contributed by atoms with Gasteiger partial charge in [0.25, 0.3) is 0 Å². The molecule has 0 radical (unpaired) electrons. The van der Waals surface area contributed by atoms with Crippen molar-refractivity contribution in [2.75, 3.05) is 5.73 Å². The van der Waals surface area contributed by atoms with Crippen molar-refractivity contribution in [2.45, 2.75) is 4.90 Å². The molecule has 22 heavy (non-hydrogen) atoms. The van der Waals surface area contributed by atoms with Crippen molar-refractivity contribution in [2.24, 2.45) is 0 Å². The summed E-state index contributed by atoms with van der Waals surface area (Å²) >= 11 is 0. The van der Waals surface area contributed by atoms with Gasteiger partial charge in [-0.25, -0.2) is 8.42 Å². The van der Waals surface area contributed by atoms with Crippen LogP contribution in [0.4, 0.5) is 5.69 Å². The molecule has 2 N–H and O–H groups in total. The van der Waals surface area contributed by atoms with Crippen molar-refractivity contribution in [1.82, 2.24) is 0 Å². The summed E-state index contributed by atoms with van der Waals surface area (Å²) in [4.78, 5) is 24.8. The van der Waals surface area contributed by atoms with Crippen LogP contribution in [0.5, 0.6) is 0 Å². The third-order valence-electron chi connectivity index (χ3n) is 3.62. The molecule has 5 nitrogen and oxygen atoms in total. The number of hydrogen-bond donors (Lipinski definition) is 1. The summed E-state index contributed by atoms with van der Waals surface area (Å²) < 4.78 is 23.9. The first-order valence-electron chi connectivity index (χ1n) is 6.37. The lowest BCUT2D eigenvalue weighted by molar-refractivity contribution is 0.0979. The Morgan fingerprint density at radius 2 is 1.50 bits per heavy atom. The number of fused-ring (bicyclic) bond motifs is 2. The molecule has 0 heterocycles. The van der Waals surface area contributed by atoms with E-state index in [0.29, 0.717) is 5.56 Å². The van der Waals surface area contributed by atoms with Gasteiger partial charge in [-0.05, 0) is 12.1 Å². The summed E-state index contributed by atoms with van der Waals surface area (Å²) in [5, 5.41) is 0.758. The van der Waals surface area contributed by atoms with Crippen molar-refractivity contribution in [3.8, 4) is 0 Å². The van der Waals surface area contributed by atoms with Gasteiger partial charge in [0.2, 0.25) is 9.84 Å². The van der Waals surface area contributed by atoms with Crippen molar-refractivity contribution < 1.29 is 18.0 Å². The molecule has 0 unspecified atom stereocenters. The van der Waals surface area contributed by atoms with Gasteiger partial charge in [-0.3, -0.25) is 9.59 Å². The zero-order valence-corrected chi connectivity index (χ0v) is 12.2. The Bertz CT molecular complexity index is 958. The number of ketones is 2. The highest BCUT2D eigenvalue weighted by Gasteiger charge is 2.33. The highest BCUT2D eigenvalue weighted by atomic mass is 32.2. The molecule has 6 heteroatoms. The molecule has 0 fully saturated rings. The highest BCUT2D eigenvalue weighted by molar-refractivity contribution is 7.94. The van der Waals surface area contributed by atoms with Gasteiger partial charge < -0.3 is 5.73 Å². The van der Waals surface area contributed by atoms with Gasteiger partial charge in [0.1, 0.15) is 0 Å². The second-order valence-electron chi connectivity index (χ2n) is 4.82. The first kappa shape index (κ1) is 14.2. The maximum atomic E-state index is 12.6. The molecular weight excluding hydrogens is 302 g/mol. The Kier molecular flexibility index (Phi) is 3.00. The molecule has 0 saturated carbocycles. The largest absolute Gasteiger partial charge is 0.397 e. The maximum Gasteiger partial charge on any atom is 0.201 e. The van der Waals surface area contributed by atoms with E-state index < -0.39 is 15.6 Å². The van der Waals surface area contributed by atoms with Crippen LogP contribution in [0, 0.1) is 0 Å². The molecule has 1 aliphatic rings. The number of nitrogens with two attached hydrogens (primary N) is 1. The molecule has 2 aromatic carbocycles. The van der Waals surface area contributed by atoms with Crippen LogP contribution in [-0.2, 0) is 9.84 Å². The van der Waals surface area contributed by atoms with Crippen molar-refractivity contribution in [1.29, 1.82) is 0 Å². The number of nitrogen functional groups attached to an aromatic ring is 1. The molecule has 0 bridgehead atoms. The Labute approximate surface area is 127 Å². The van der Waals surface area contributed by atoms with Crippen molar-refractivity contribution >= 4 is 27.1 Å². The van der Waals surface area contributed by atoms with Crippen molar-refractivity contribution in [3.63, 3.8) is 0 Å². The Hall–Kier alpha value is -2.73. The number of carbonyl (C=O) groups excluding carboxylic acids is 2. The zero-order chi connectivity index (χ0) is 16.1. The van der Waals surface area contributed by atoms with Gasteiger partial charge in [-0.15, -0.1) is 0 Å². The topological polar surface area (TPSA) is 94.3 Å². The van der Waals surface area contributed by atoms with E-state index in [-0.39, 0.29) is 33.1 Å². The van der Waals surface area contributed by atoms with Gasteiger partial charge in [0.05, 0.1) is 16.1 Å². The van der Waals surface area contributed by atoms with E-state index in [2.05, 4.69) is 6.58 Å². The van der Waals surface area contributed by atoms with E-state index >= 15 is 0 Å². The predicted molar refractivity (Wildman–Crippen MR) is 81.5 cm³/mol. The van der Waals surface area contributed by atoms with Gasteiger partial charge in [0.15, 0.2) is 11.6 Å². The summed E-state index contributed by atoms with van der Waals surface area (Å²) in [7, 11) is -3.81. The van der Waals surface area contributed by atoms with Crippen LogP contribution in [0.3, 0.4) is 0 Å². The van der Waals surface area contributed by atoms with E-state index in [1.54, 1.807) is 18.2 Å². The molecule has 0 atom stereocenters. The lowest BCUT2D eigenvalue weighted by Gasteiger charge is -2.20. The number of hydrogen-bond acceptors (Lipinski definition) is 5. The van der Waals surface area contributed by atoms with Crippen LogP contribution in [0.15, 0.2) is 53.3 Å². The minimum atomic E-state index is -3.81. The molecule has 110 valence electrons. The molecule has 1 aliphatic carbocycles. The van der Waals surface area contributed by atoms with E-state index in [0.717, 1.165) is 5.41 Å². The molecule has 0 aliphatic heterocycles. The van der Waals surface area contributed by atoms with Crippen LogP contribution in [0.2, 0.25) is 0 Å². The fourth-order valence-electron chi connectivity index (χ4n) is 2.53. The maximum absolute atomic E-state index is 12.6. The van der Waals surface area contributed by atoms with Crippen LogP contribution in [0.1, 0.15) is 31.8 Å². The smallest absolute Gasteiger partial charge is 0.201 e. The Morgan fingerprint density at radius 1 is 0.909 bits per heavy atom.